The quantitative estimate of drug-likeness (QED) is 0.575. The number of hydrogen-bond acceptors (Lipinski definition) is 5. The van der Waals surface area contributed by atoms with Gasteiger partial charge in [-0.25, -0.2) is 13.1 Å². The third kappa shape index (κ3) is 7.19. The van der Waals surface area contributed by atoms with Gasteiger partial charge in [0.15, 0.2) is 0 Å². The number of nitrogen functional groups attached to an aromatic ring is 1. The highest BCUT2D eigenvalue weighted by Gasteiger charge is 2.23. The maximum atomic E-state index is 12.6. The zero-order valence-electron chi connectivity index (χ0n) is 15.2. The molecule has 0 saturated heterocycles. The molecular formula is C16H29Cl2N3O3S. The van der Waals surface area contributed by atoms with E-state index in [0.29, 0.717) is 0 Å². The van der Waals surface area contributed by atoms with Crippen molar-refractivity contribution in [1.29, 1.82) is 0 Å². The topological polar surface area (TPSA) is 84.7 Å². The lowest BCUT2D eigenvalue weighted by Gasteiger charge is -2.20. The van der Waals surface area contributed by atoms with Crippen LogP contribution < -0.4 is 15.2 Å². The van der Waals surface area contributed by atoms with E-state index in [1.807, 2.05) is 6.92 Å². The third-order valence-corrected chi connectivity index (χ3v) is 5.87. The molecule has 1 atom stereocenters. The Kier molecular flexibility index (Phi) is 10.8. The number of ether oxygens (including phenoxy) is 1. The van der Waals surface area contributed by atoms with Gasteiger partial charge in [0, 0.05) is 12.1 Å². The van der Waals surface area contributed by atoms with Crippen molar-refractivity contribution in [2.75, 3.05) is 32.5 Å². The first-order valence-corrected chi connectivity index (χ1v) is 9.98. The predicted octanol–water partition coefficient (Wildman–Crippen LogP) is 3.14. The summed E-state index contributed by atoms with van der Waals surface area (Å²) in [7, 11) is -2.33. The highest BCUT2D eigenvalue weighted by molar-refractivity contribution is 7.89. The molecule has 0 fully saturated rings. The average Bonchev–Trinajstić information content (AvgIpc) is 2.53. The molecule has 25 heavy (non-hydrogen) atoms. The molecule has 0 radical (unpaired) electrons. The Balaban J connectivity index is 0.00000576. The molecule has 0 aromatic heterocycles. The third-order valence-electron chi connectivity index (χ3n) is 3.93. The lowest BCUT2D eigenvalue weighted by Crippen LogP contribution is -2.34. The molecule has 0 amide bonds. The van der Waals surface area contributed by atoms with Crippen LogP contribution in [0, 0.1) is 0 Å². The number of sulfonamides is 1. The maximum Gasteiger partial charge on any atom is 0.244 e. The largest absolute Gasteiger partial charge is 0.495 e. The molecule has 1 aromatic carbocycles. The molecule has 0 bridgehead atoms. The summed E-state index contributed by atoms with van der Waals surface area (Å²) in [6, 6.07) is 2.55. The van der Waals surface area contributed by atoms with Gasteiger partial charge in [-0.05, 0) is 45.5 Å². The number of methoxy groups -OCH3 is 1. The molecule has 0 aliphatic rings. The van der Waals surface area contributed by atoms with Crippen molar-refractivity contribution < 1.29 is 13.2 Å². The van der Waals surface area contributed by atoms with Gasteiger partial charge in [-0.15, -0.1) is 12.4 Å². The van der Waals surface area contributed by atoms with Crippen LogP contribution in [0.1, 0.15) is 33.6 Å². The molecule has 1 aromatic rings. The van der Waals surface area contributed by atoms with E-state index in [9.17, 15) is 8.42 Å². The second-order valence-corrected chi connectivity index (χ2v) is 7.81. The monoisotopic (exact) mass is 413 g/mol. The fourth-order valence-corrected chi connectivity index (χ4v) is 4.15. The van der Waals surface area contributed by atoms with Gasteiger partial charge < -0.3 is 15.4 Å². The van der Waals surface area contributed by atoms with Crippen LogP contribution in [0.25, 0.3) is 0 Å². The Morgan fingerprint density at radius 2 is 1.92 bits per heavy atom. The standard InChI is InChI=1S/C16H28ClN3O3S.ClH/c1-5-20(6-2)9-7-8-12(3)19-24(21,22)16-10-13(17)14(18)11-15(16)23-4;/h10-12,19H,5-9,18H2,1-4H3;1H. The van der Waals surface area contributed by atoms with Gasteiger partial charge in [0.2, 0.25) is 10.0 Å². The number of rotatable bonds is 10. The fraction of sp³-hybridized carbons (Fsp3) is 0.625. The molecule has 0 saturated carbocycles. The second-order valence-electron chi connectivity index (χ2n) is 5.72. The van der Waals surface area contributed by atoms with Crippen LogP contribution in [-0.4, -0.2) is 46.1 Å². The highest BCUT2D eigenvalue weighted by atomic mass is 35.5. The number of anilines is 1. The maximum absolute atomic E-state index is 12.6. The number of benzene rings is 1. The van der Waals surface area contributed by atoms with E-state index in [1.54, 1.807) is 0 Å². The van der Waals surface area contributed by atoms with E-state index >= 15 is 0 Å². The summed E-state index contributed by atoms with van der Waals surface area (Å²) >= 11 is 5.96. The van der Waals surface area contributed by atoms with Crippen molar-refractivity contribution in [3.63, 3.8) is 0 Å². The van der Waals surface area contributed by atoms with Gasteiger partial charge in [-0.1, -0.05) is 25.4 Å². The summed E-state index contributed by atoms with van der Waals surface area (Å²) in [5.74, 6) is 0.180. The minimum Gasteiger partial charge on any atom is -0.495 e. The predicted molar refractivity (Wildman–Crippen MR) is 106 cm³/mol. The first-order chi connectivity index (χ1) is 11.2. The van der Waals surface area contributed by atoms with Crippen LogP contribution in [0.5, 0.6) is 5.75 Å². The summed E-state index contributed by atoms with van der Waals surface area (Å²) in [6.45, 7) is 9.04. The fourth-order valence-electron chi connectivity index (χ4n) is 2.47. The van der Waals surface area contributed by atoms with E-state index < -0.39 is 10.0 Å². The molecule has 0 spiro atoms. The van der Waals surface area contributed by atoms with E-state index in [4.69, 9.17) is 22.1 Å². The Morgan fingerprint density at radius 1 is 1.32 bits per heavy atom. The van der Waals surface area contributed by atoms with Crippen LogP contribution in [0.2, 0.25) is 5.02 Å². The summed E-state index contributed by atoms with van der Waals surface area (Å²) in [4.78, 5) is 2.31. The van der Waals surface area contributed by atoms with Gasteiger partial charge in [-0.2, -0.15) is 0 Å². The molecule has 1 rings (SSSR count). The van der Waals surface area contributed by atoms with Crippen molar-refractivity contribution in [3.05, 3.63) is 17.2 Å². The lowest BCUT2D eigenvalue weighted by molar-refractivity contribution is 0.293. The highest BCUT2D eigenvalue weighted by Crippen LogP contribution is 2.32. The number of nitrogens with two attached hydrogens (primary N) is 1. The minimum absolute atomic E-state index is 0. The molecule has 0 aliphatic carbocycles. The Hall–Kier alpha value is -0.730. The van der Waals surface area contributed by atoms with Crippen molar-refractivity contribution in [3.8, 4) is 5.75 Å². The summed E-state index contributed by atoms with van der Waals surface area (Å²) in [5, 5.41) is 0.186. The average molecular weight is 414 g/mol. The molecule has 146 valence electrons. The van der Waals surface area contributed by atoms with Crippen LogP contribution in [0.15, 0.2) is 17.0 Å². The van der Waals surface area contributed by atoms with E-state index in [-0.39, 0.29) is 39.8 Å². The van der Waals surface area contributed by atoms with Gasteiger partial charge in [0.1, 0.15) is 10.6 Å². The summed E-state index contributed by atoms with van der Waals surface area (Å²) in [5.41, 5.74) is 5.98. The van der Waals surface area contributed by atoms with E-state index in [1.165, 1.54) is 19.2 Å². The number of hydrogen-bond donors (Lipinski definition) is 2. The van der Waals surface area contributed by atoms with Crippen LogP contribution >= 0.6 is 24.0 Å². The van der Waals surface area contributed by atoms with Crippen molar-refractivity contribution in [2.45, 2.75) is 44.6 Å². The molecule has 9 heteroatoms. The van der Waals surface area contributed by atoms with Crippen LogP contribution in [-0.2, 0) is 10.0 Å². The van der Waals surface area contributed by atoms with Gasteiger partial charge in [0.25, 0.3) is 0 Å². The first kappa shape index (κ1) is 24.3. The molecule has 3 N–H and O–H groups in total. The molecule has 0 aliphatic heterocycles. The van der Waals surface area contributed by atoms with E-state index in [0.717, 1.165) is 32.5 Å². The Bertz CT molecular complexity index is 638. The van der Waals surface area contributed by atoms with Crippen molar-refractivity contribution >= 4 is 39.7 Å². The summed E-state index contributed by atoms with van der Waals surface area (Å²) < 4.78 is 33.0. The van der Waals surface area contributed by atoms with Gasteiger partial charge in [0.05, 0.1) is 17.8 Å². The smallest absolute Gasteiger partial charge is 0.244 e. The minimum atomic E-state index is -3.73. The normalized spacial score (nSPS) is 12.7. The zero-order valence-corrected chi connectivity index (χ0v) is 17.6. The van der Waals surface area contributed by atoms with Crippen molar-refractivity contribution in [2.24, 2.45) is 0 Å². The molecular weight excluding hydrogens is 385 g/mol. The van der Waals surface area contributed by atoms with E-state index in [2.05, 4.69) is 23.5 Å². The first-order valence-electron chi connectivity index (χ1n) is 8.12. The van der Waals surface area contributed by atoms with Gasteiger partial charge in [-0.3, -0.25) is 0 Å². The molecule has 1 unspecified atom stereocenters. The lowest BCUT2D eigenvalue weighted by atomic mass is 10.2. The Labute approximate surface area is 162 Å². The second kappa shape index (κ2) is 11.1. The Morgan fingerprint density at radius 3 is 2.44 bits per heavy atom. The summed E-state index contributed by atoms with van der Waals surface area (Å²) in [6.07, 6.45) is 1.67. The van der Waals surface area contributed by atoms with Crippen LogP contribution in [0.3, 0.4) is 0 Å². The number of halogens is 2. The zero-order chi connectivity index (χ0) is 18.3. The van der Waals surface area contributed by atoms with Crippen LogP contribution in [0.4, 0.5) is 5.69 Å². The molecule has 6 nitrogen and oxygen atoms in total. The SMILES string of the molecule is CCN(CC)CCCC(C)NS(=O)(=O)c1cc(Cl)c(N)cc1OC.Cl. The van der Waals surface area contributed by atoms with Crippen molar-refractivity contribution in [1.82, 2.24) is 9.62 Å². The number of nitrogens with zero attached hydrogens (tertiary/aromatic N) is 1. The number of nitrogens with one attached hydrogen (secondary N) is 1. The van der Waals surface area contributed by atoms with Gasteiger partial charge >= 0.3 is 0 Å². The molecule has 0 heterocycles.